The van der Waals surface area contributed by atoms with Gasteiger partial charge in [-0.05, 0) is 93.8 Å². The van der Waals surface area contributed by atoms with Gasteiger partial charge in [-0.15, -0.1) is 0 Å². The molecule has 3 heterocycles. The number of rotatable bonds is 5. The first-order chi connectivity index (χ1) is 17.6. The van der Waals surface area contributed by atoms with E-state index >= 15 is 0 Å². The number of amides is 1. The van der Waals surface area contributed by atoms with E-state index in [-0.39, 0.29) is 10.8 Å². The molecule has 0 radical (unpaired) electrons. The SMILES string of the molecule is CCN1C(=O)/C(=C/c2cc(C)n(-c3cc(C)cc(C)c3)c2C)c2cc(S(=O)(=O)N3CCOCC3)ccc21. The van der Waals surface area contributed by atoms with Crippen LogP contribution in [-0.2, 0) is 19.6 Å². The summed E-state index contributed by atoms with van der Waals surface area (Å²) in [4.78, 5) is 15.4. The van der Waals surface area contributed by atoms with Crippen LogP contribution in [0.5, 0.6) is 0 Å². The van der Waals surface area contributed by atoms with Crippen molar-refractivity contribution in [3.05, 3.63) is 76.1 Å². The van der Waals surface area contributed by atoms with Gasteiger partial charge < -0.3 is 14.2 Å². The molecular weight excluding hydrogens is 486 g/mol. The van der Waals surface area contributed by atoms with Gasteiger partial charge in [-0.3, -0.25) is 4.79 Å². The Labute approximate surface area is 219 Å². The highest BCUT2D eigenvalue weighted by atomic mass is 32.2. The molecule has 1 saturated heterocycles. The third kappa shape index (κ3) is 4.43. The van der Waals surface area contributed by atoms with Crippen LogP contribution in [0.15, 0.2) is 47.4 Å². The lowest BCUT2D eigenvalue weighted by Crippen LogP contribution is -2.40. The highest BCUT2D eigenvalue weighted by Crippen LogP contribution is 2.40. The summed E-state index contributed by atoms with van der Waals surface area (Å²) in [7, 11) is -3.68. The maximum absolute atomic E-state index is 13.5. The van der Waals surface area contributed by atoms with Crippen LogP contribution in [0.1, 0.15) is 40.6 Å². The van der Waals surface area contributed by atoms with Gasteiger partial charge in [0, 0.05) is 47.8 Å². The topological polar surface area (TPSA) is 71.9 Å². The summed E-state index contributed by atoms with van der Waals surface area (Å²) in [5.41, 5.74) is 8.39. The van der Waals surface area contributed by atoms with E-state index in [0.29, 0.717) is 44.0 Å². The number of nitrogens with zero attached hydrogens (tertiary/aromatic N) is 3. The second kappa shape index (κ2) is 9.59. The molecule has 0 saturated carbocycles. The van der Waals surface area contributed by atoms with Crippen molar-refractivity contribution < 1.29 is 17.9 Å². The number of likely N-dealkylation sites (N-methyl/N-ethyl adjacent to an activating group) is 1. The number of anilines is 1. The highest BCUT2D eigenvalue weighted by molar-refractivity contribution is 7.89. The van der Waals surface area contributed by atoms with Crippen LogP contribution in [0, 0.1) is 27.7 Å². The van der Waals surface area contributed by atoms with E-state index in [2.05, 4.69) is 49.6 Å². The van der Waals surface area contributed by atoms with Gasteiger partial charge in [-0.2, -0.15) is 4.31 Å². The molecule has 7 nitrogen and oxygen atoms in total. The molecule has 2 aliphatic rings. The highest BCUT2D eigenvalue weighted by Gasteiger charge is 2.34. The Morgan fingerprint density at radius 2 is 1.62 bits per heavy atom. The van der Waals surface area contributed by atoms with E-state index in [1.54, 1.807) is 23.1 Å². The molecule has 8 heteroatoms. The van der Waals surface area contributed by atoms with Crippen molar-refractivity contribution in [2.24, 2.45) is 0 Å². The number of hydrogen-bond donors (Lipinski definition) is 0. The Kier molecular flexibility index (Phi) is 6.60. The normalized spacial score (nSPS) is 17.6. The van der Waals surface area contributed by atoms with Gasteiger partial charge in [0.25, 0.3) is 5.91 Å². The third-order valence-electron chi connectivity index (χ3n) is 7.18. The van der Waals surface area contributed by atoms with E-state index in [0.717, 1.165) is 28.3 Å². The minimum Gasteiger partial charge on any atom is -0.379 e. The number of benzene rings is 2. The fraction of sp³-hybridized carbons (Fsp3) is 0.345. The molecule has 0 N–H and O–H groups in total. The van der Waals surface area contributed by atoms with Gasteiger partial charge in [0.15, 0.2) is 0 Å². The van der Waals surface area contributed by atoms with E-state index < -0.39 is 10.0 Å². The van der Waals surface area contributed by atoms with Crippen LogP contribution in [-0.4, -0.2) is 56.0 Å². The lowest BCUT2D eigenvalue weighted by atomic mass is 10.0. The first kappa shape index (κ1) is 25.4. The van der Waals surface area contributed by atoms with Crippen molar-refractivity contribution >= 4 is 33.3 Å². The first-order valence-corrected chi connectivity index (χ1v) is 14.1. The predicted octanol–water partition coefficient (Wildman–Crippen LogP) is 4.64. The summed E-state index contributed by atoms with van der Waals surface area (Å²) in [6.07, 6.45) is 1.91. The zero-order chi connectivity index (χ0) is 26.5. The quantitative estimate of drug-likeness (QED) is 0.461. The maximum atomic E-state index is 13.5. The smallest absolute Gasteiger partial charge is 0.258 e. The second-order valence-electron chi connectivity index (χ2n) is 9.81. The summed E-state index contributed by atoms with van der Waals surface area (Å²) < 4.78 is 35.7. The largest absolute Gasteiger partial charge is 0.379 e. The van der Waals surface area contributed by atoms with Crippen molar-refractivity contribution in [1.82, 2.24) is 8.87 Å². The summed E-state index contributed by atoms with van der Waals surface area (Å²) >= 11 is 0. The Balaban J connectivity index is 1.61. The van der Waals surface area contributed by atoms with E-state index in [4.69, 9.17) is 4.74 Å². The number of aryl methyl sites for hydroxylation is 3. The van der Waals surface area contributed by atoms with E-state index in [1.807, 2.05) is 19.9 Å². The van der Waals surface area contributed by atoms with Gasteiger partial charge >= 0.3 is 0 Å². The summed E-state index contributed by atoms with van der Waals surface area (Å²) in [5.74, 6) is -0.116. The van der Waals surface area contributed by atoms with Gasteiger partial charge in [-0.1, -0.05) is 6.07 Å². The molecule has 3 aromatic rings. The predicted molar refractivity (Wildman–Crippen MR) is 147 cm³/mol. The molecule has 0 atom stereocenters. The second-order valence-corrected chi connectivity index (χ2v) is 11.7. The average molecular weight is 520 g/mol. The number of fused-ring (bicyclic) bond motifs is 1. The standard InChI is InChI=1S/C29H33N3O4S/c1-6-31-28-8-7-25(37(34,35)30-9-11-36-12-10-30)18-26(28)27(29(31)33)17-23-16-21(4)32(22(23)5)24-14-19(2)13-20(3)15-24/h7-8,13-18H,6,9-12H2,1-5H3/b27-17+. The zero-order valence-electron chi connectivity index (χ0n) is 22.0. The molecule has 5 rings (SSSR count). The van der Waals surface area contributed by atoms with Crippen molar-refractivity contribution in [3.8, 4) is 5.69 Å². The maximum Gasteiger partial charge on any atom is 0.258 e. The van der Waals surface area contributed by atoms with Crippen molar-refractivity contribution in [3.63, 3.8) is 0 Å². The fourth-order valence-corrected chi connectivity index (χ4v) is 6.89. The Morgan fingerprint density at radius 1 is 0.946 bits per heavy atom. The number of carbonyl (C=O) groups is 1. The number of sulfonamides is 1. The minimum atomic E-state index is -3.68. The van der Waals surface area contributed by atoms with Crippen molar-refractivity contribution in [2.45, 2.75) is 39.5 Å². The van der Waals surface area contributed by atoms with Crippen LogP contribution in [0.25, 0.3) is 17.3 Å². The van der Waals surface area contributed by atoms with Crippen LogP contribution < -0.4 is 4.90 Å². The fourth-order valence-electron chi connectivity index (χ4n) is 5.45. The molecule has 1 amide bonds. The van der Waals surface area contributed by atoms with Crippen LogP contribution in [0.2, 0.25) is 0 Å². The average Bonchev–Trinajstić information content (AvgIpc) is 3.30. The summed E-state index contributed by atoms with van der Waals surface area (Å²) in [6.45, 7) is 12.1. The summed E-state index contributed by atoms with van der Waals surface area (Å²) in [5, 5.41) is 0. The number of carbonyl (C=O) groups excluding carboxylic acids is 1. The lowest BCUT2D eigenvalue weighted by molar-refractivity contribution is -0.112. The zero-order valence-corrected chi connectivity index (χ0v) is 22.9. The number of aromatic nitrogens is 1. The molecule has 0 unspecified atom stereocenters. The molecule has 1 fully saturated rings. The Bertz CT molecular complexity index is 1510. The summed E-state index contributed by atoms with van der Waals surface area (Å²) in [6, 6.07) is 13.6. The Hall–Kier alpha value is -3.20. The van der Waals surface area contributed by atoms with Crippen LogP contribution >= 0.6 is 0 Å². The third-order valence-corrected chi connectivity index (χ3v) is 9.08. The molecule has 37 heavy (non-hydrogen) atoms. The van der Waals surface area contributed by atoms with Gasteiger partial charge in [0.05, 0.1) is 23.8 Å². The molecular formula is C29H33N3O4S. The van der Waals surface area contributed by atoms with E-state index in [1.165, 1.54) is 15.4 Å². The van der Waals surface area contributed by atoms with Gasteiger partial charge in [0.2, 0.25) is 10.0 Å². The molecule has 0 aliphatic carbocycles. The van der Waals surface area contributed by atoms with Gasteiger partial charge in [-0.25, -0.2) is 8.42 Å². The monoisotopic (exact) mass is 519 g/mol. The molecule has 0 spiro atoms. The van der Waals surface area contributed by atoms with E-state index in [9.17, 15) is 13.2 Å². The minimum absolute atomic E-state index is 0.116. The number of hydrogen-bond acceptors (Lipinski definition) is 4. The number of morpholine rings is 1. The van der Waals surface area contributed by atoms with Crippen molar-refractivity contribution in [1.29, 1.82) is 0 Å². The first-order valence-electron chi connectivity index (χ1n) is 12.7. The van der Waals surface area contributed by atoms with Crippen LogP contribution in [0.3, 0.4) is 0 Å². The van der Waals surface area contributed by atoms with Gasteiger partial charge in [0.1, 0.15) is 0 Å². The van der Waals surface area contributed by atoms with Crippen molar-refractivity contribution in [2.75, 3.05) is 37.7 Å². The molecule has 0 bridgehead atoms. The van der Waals surface area contributed by atoms with Crippen LogP contribution in [0.4, 0.5) is 5.69 Å². The Morgan fingerprint density at radius 3 is 2.27 bits per heavy atom. The molecule has 194 valence electrons. The molecule has 2 aliphatic heterocycles. The molecule has 1 aromatic heterocycles. The number of ether oxygens (including phenoxy) is 1. The molecule has 2 aromatic carbocycles. The lowest BCUT2D eigenvalue weighted by Gasteiger charge is -2.26.